The van der Waals surface area contributed by atoms with Gasteiger partial charge in [0.15, 0.2) is 5.65 Å². The van der Waals surface area contributed by atoms with Crippen molar-refractivity contribution in [3.63, 3.8) is 0 Å². The summed E-state index contributed by atoms with van der Waals surface area (Å²) in [6, 6.07) is 5.51. The van der Waals surface area contributed by atoms with Crippen LogP contribution < -0.4 is 10.6 Å². The average molecular weight is 401 g/mol. The van der Waals surface area contributed by atoms with E-state index in [-0.39, 0.29) is 24.3 Å². The van der Waals surface area contributed by atoms with Crippen molar-refractivity contribution in [2.75, 3.05) is 5.32 Å². The Balaban J connectivity index is 1.29. The maximum absolute atomic E-state index is 13.0. The molecule has 3 aliphatic rings. The Morgan fingerprint density at radius 2 is 1.97 bits per heavy atom. The van der Waals surface area contributed by atoms with Crippen molar-refractivity contribution < 1.29 is 18.4 Å². The zero-order chi connectivity index (χ0) is 20.2. The Labute approximate surface area is 165 Å². The number of halogens is 2. The van der Waals surface area contributed by atoms with Crippen LogP contribution in [0.3, 0.4) is 0 Å². The lowest BCUT2D eigenvalue weighted by Gasteiger charge is -2.23. The maximum atomic E-state index is 13.0. The molecule has 2 aromatic rings. The second-order valence-electron chi connectivity index (χ2n) is 8.11. The molecule has 2 saturated carbocycles. The number of nitrogens with zero attached hydrogens (tertiary/aromatic N) is 3. The predicted octanol–water partition coefficient (Wildman–Crippen LogP) is 2.79. The van der Waals surface area contributed by atoms with Crippen LogP contribution in [-0.2, 0) is 9.59 Å². The molecule has 0 saturated heterocycles. The summed E-state index contributed by atoms with van der Waals surface area (Å²) in [5.41, 5.74) is 2.57. The van der Waals surface area contributed by atoms with Crippen LogP contribution in [0.5, 0.6) is 0 Å². The fraction of sp³-hybridized carbons (Fsp3) is 0.500. The summed E-state index contributed by atoms with van der Waals surface area (Å²) in [5.74, 6) is -4.23. The normalized spacial score (nSPS) is 25.4. The fourth-order valence-electron chi connectivity index (χ4n) is 3.76. The van der Waals surface area contributed by atoms with E-state index in [2.05, 4.69) is 20.7 Å². The Morgan fingerprint density at radius 1 is 1.17 bits per heavy atom. The number of pyridine rings is 1. The van der Waals surface area contributed by atoms with Crippen LogP contribution in [-0.4, -0.2) is 38.4 Å². The van der Waals surface area contributed by atoms with Crippen LogP contribution >= 0.6 is 0 Å². The molecule has 9 heteroatoms. The molecule has 2 heterocycles. The number of aromatic nitrogens is 3. The highest BCUT2D eigenvalue weighted by molar-refractivity contribution is 5.92. The molecule has 0 radical (unpaired) electrons. The number of hydrogen-bond acceptors (Lipinski definition) is 4. The number of amides is 2. The third-order valence-electron chi connectivity index (χ3n) is 5.77. The number of nitrogens with one attached hydrogen (secondary N) is 2. The fourth-order valence-corrected chi connectivity index (χ4v) is 3.76. The number of alkyl halides is 2. The zero-order valence-electron chi connectivity index (χ0n) is 15.7. The molecule has 2 N–H and O–H groups in total. The van der Waals surface area contributed by atoms with Crippen LogP contribution in [0.15, 0.2) is 24.3 Å². The van der Waals surface area contributed by atoms with E-state index in [4.69, 9.17) is 0 Å². The van der Waals surface area contributed by atoms with Gasteiger partial charge in [0.05, 0.1) is 5.69 Å². The van der Waals surface area contributed by atoms with Crippen molar-refractivity contribution in [1.82, 2.24) is 19.9 Å². The lowest BCUT2D eigenvalue weighted by Crippen LogP contribution is -2.37. The monoisotopic (exact) mass is 401 g/mol. The number of carbonyl (C=O) groups excluding carboxylic acids is 2. The van der Waals surface area contributed by atoms with Gasteiger partial charge in [0.2, 0.25) is 17.8 Å². The van der Waals surface area contributed by atoms with Gasteiger partial charge in [-0.3, -0.25) is 14.9 Å². The molecule has 0 aromatic carbocycles. The molecule has 0 spiro atoms. The summed E-state index contributed by atoms with van der Waals surface area (Å²) in [4.78, 5) is 28.2. The second-order valence-corrected chi connectivity index (χ2v) is 8.11. The quantitative estimate of drug-likeness (QED) is 0.806. The van der Waals surface area contributed by atoms with E-state index in [1.165, 1.54) is 0 Å². The highest BCUT2D eigenvalue weighted by atomic mass is 19.3. The summed E-state index contributed by atoms with van der Waals surface area (Å²) < 4.78 is 27.8. The molecule has 0 aliphatic heterocycles. The molecule has 7 nitrogen and oxygen atoms in total. The predicted molar refractivity (Wildman–Crippen MR) is 101 cm³/mol. The summed E-state index contributed by atoms with van der Waals surface area (Å²) in [6.07, 6.45) is 5.43. The number of rotatable bonds is 5. The van der Waals surface area contributed by atoms with Gasteiger partial charge in [-0.1, -0.05) is 12.1 Å². The molecule has 2 fully saturated rings. The van der Waals surface area contributed by atoms with E-state index in [9.17, 15) is 18.4 Å². The number of carbonyl (C=O) groups is 2. The van der Waals surface area contributed by atoms with Crippen LogP contribution in [0.25, 0.3) is 11.2 Å². The Hall–Kier alpha value is -2.84. The van der Waals surface area contributed by atoms with E-state index < -0.39 is 17.7 Å². The van der Waals surface area contributed by atoms with Gasteiger partial charge in [-0.2, -0.15) is 4.98 Å². The standard InChI is InChI=1S/C20H21F2N5O2/c21-20(22)10-14(20)18(29)23-13-8-6-11(7-9-13)15-2-1-3-16-24-19(26-27(15)16)25-17(28)12-4-5-12/h1-3,6,12-14H,4-5,7-10H2,(H,23,29)(H,25,26,28)/t13-,14-/m0/s1. The van der Waals surface area contributed by atoms with Crippen molar-refractivity contribution in [2.24, 2.45) is 11.8 Å². The molecular weight excluding hydrogens is 380 g/mol. The third-order valence-corrected chi connectivity index (χ3v) is 5.77. The SMILES string of the molecule is O=C(Nc1nc2cccc(C3=CC[C@H](NC(=O)[C@@H]4CC4(F)F)CC3)n2n1)C1CC1. The Bertz CT molecular complexity index is 1030. The largest absolute Gasteiger partial charge is 0.353 e. The third kappa shape index (κ3) is 3.61. The van der Waals surface area contributed by atoms with Gasteiger partial charge in [-0.05, 0) is 49.8 Å². The lowest BCUT2D eigenvalue weighted by atomic mass is 9.93. The smallest absolute Gasteiger partial charge is 0.260 e. The van der Waals surface area contributed by atoms with Gasteiger partial charge in [0.1, 0.15) is 5.92 Å². The van der Waals surface area contributed by atoms with Crippen LogP contribution in [0.2, 0.25) is 0 Å². The van der Waals surface area contributed by atoms with Crippen molar-refractivity contribution in [2.45, 2.75) is 50.5 Å². The first kappa shape index (κ1) is 18.2. The summed E-state index contributed by atoms with van der Waals surface area (Å²) in [7, 11) is 0. The van der Waals surface area contributed by atoms with Crippen LogP contribution in [0.1, 0.15) is 44.2 Å². The molecule has 0 unspecified atom stereocenters. The number of anilines is 1. The minimum atomic E-state index is -2.84. The van der Waals surface area contributed by atoms with Gasteiger partial charge >= 0.3 is 0 Å². The maximum Gasteiger partial charge on any atom is 0.260 e. The van der Waals surface area contributed by atoms with Crippen molar-refractivity contribution in [3.8, 4) is 0 Å². The zero-order valence-corrected chi connectivity index (χ0v) is 15.7. The number of hydrogen-bond donors (Lipinski definition) is 2. The highest BCUT2D eigenvalue weighted by Gasteiger charge is 2.61. The van der Waals surface area contributed by atoms with Crippen molar-refractivity contribution in [3.05, 3.63) is 30.0 Å². The minimum absolute atomic E-state index is 0.0424. The van der Waals surface area contributed by atoms with Crippen molar-refractivity contribution in [1.29, 1.82) is 0 Å². The lowest BCUT2D eigenvalue weighted by molar-refractivity contribution is -0.125. The van der Waals surface area contributed by atoms with Crippen molar-refractivity contribution >= 4 is 29.0 Å². The Morgan fingerprint density at radius 3 is 2.62 bits per heavy atom. The van der Waals surface area contributed by atoms with Gasteiger partial charge in [-0.15, -0.1) is 5.10 Å². The first-order valence-corrected chi connectivity index (χ1v) is 9.95. The van der Waals surface area contributed by atoms with Gasteiger partial charge in [0.25, 0.3) is 5.92 Å². The topological polar surface area (TPSA) is 88.4 Å². The molecule has 5 rings (SSSR count). The molecular formula is C20H21F2N5O2. The van der Waals surface area contributed by atoms with Gasteiger partial charge < -0.3 is 5.32 Å². The summed E-state index contributed by atoms with van der Waals surface area (Å²) in [5, 5.41) is 9.94. The number of fused-ring (bicyclic) bond motifs is 1. The molecule has 2 aromatic heterocycles. The first-order chi connectivity index (χ1) is 13.9. The van der Waals surface area contributed by atoms with Crippen LogP contribution in [0, 0.1) is 11.8 Å². The van der Waals surface area contributed by atoms with Gasteiger partial charge in [0, 0.05) is 18.4 Å². The number of allylic oxidation sites excluding steroid dienone is 1. The van der Waals surface area contributed by atoms with E-state index in [1.54, 1.807) is 4.52 Å². The van der Waals surface area contributed by atoms with Crippen LogP contribution in [0.4, 0.5) is 14.7 Å². The highest BCUT2D eigenvalue weighted by Crippen LogP contribution is 2.48. The van der Waals surface area contributed by atoms with E-state index >= 15 is 0 Å². The van der Waals surface area contributed by atoms with E-state index in [1.807, 2.05) is 24.3 Å². The van der Waals surface area contributed by atoms with E-state index in [0.717, 1.165) is 24.1 Å². The molecule has 152 valence electrons. The van der Waals surface area contributed by atoms with Gasteiger partial charge in [-0.25, -0.2) is 13.3 Å². The molecule has 3 aliphatic carbocycles. The molecule has 29 heavy (non-hydrogen) atoms. The summed E-state index contributed by atoms with van der Waals surface area (Å²) in [6.45, 7) is 0. The van der Waals surface area contributed by atoms with E-state index in [0.29, 0.717) is 30.9 Å². The average Bonchev–Trinajstić information content (AvgIpc) is 3.59. The summed E-state index contributed by atoms with van der Waals surface area (Å²) >= 11 is 0. The minimum Gasteiger partial charge on any atom is -0.353 e. The molecule has 2 atom stereocenters. The Kier molecular flexibility index (Phi) is 4.15. The first-order valence-electron chi connectivity index (χ1n) is 9.95. The molecule has 2 amide bonds. The second kappa shape index (κ2) is 6.60. The molecule has 0 bridgehead atoms.